The van der Waals surface area contributed by atoms with Crippen LogP contribution >= 0.6 is 0 Å². The van der Waals surface area contributed by atoms with Crippen LogP contribution in [0.2, 0.25) is 0 Å². The van der Waals surface area contributed by atoms with Gasteiger partial charge in [0.25, 0.3) is 5.69 Å². The number of nitrogens with zero attached hydrogens (tertiary/aromatic N) is 1. The van der Waals surface area contributed by atoms with Gasteiger partial charge in [0, 0.05) is 12.5 Å². The van der Waals surface area contributed by atoms with E-state index in [0.717, 1.165) is 11.8 Å². The van der Waals surface area contributed by atoms with Crippen molar-refractivity contribution in [3.63, 3.8) is 0 Å². The van der Waals surface area contributed by atoms with Crippen molar-refractivity contribution in [1.29, 1.82) is 0 Å². The van der Waals surface area contributed by atoms with E-state index in [-0.39, 0.29) is 5.69 Å². The number of non-ortho nitro benzene ring substituents is 1. The topological polar surface area (TPSA) is 69.4 Å². The van der Waals surface area contributed by atoms with Crippen molar-refractivity contribution in [2.75, 3.05) is 0 Å². The summed E-state index contributed by atoms with van der Waals surface area (Å²) in [5.74, 6) is 0.965. The first-order chi connectivity index (χ1) is 9.19. The van der Waals surface area contributed by atoms with Crippen LogP contribution in [0.1, 0.15) is 5.56 Å². The van der Waals surface area contributed by atoms with Gasteiger partial charge < -0.3 is 9.53 Å². The Morgan fingerprint density at radius 1 is 1.11 bits per heavy atom. The summed E-state index contributed by atoms with van der Waals surface area (Å²) in [6, 6.07) is 13.0. The summed E-state index contributed by atoms with van der Waals surface area (Å²) in [6.07, 6.45) is 1.19. The Morgan fingerprint density at radius 2 is 1.84 bits per heavy atom. The van der Waals surface area contributed by atoms with E-state index in [4.69, 9.17) is 4.74 Å². The summed E-state index contributed by atoms with van der Waals surface area (Å²) in [5, 5.41) is 10.6. The van der Waals surface area contributed by atoms with Gasteiger partial charge in [-0.15, -0.1) is 0 Å². The molecule has 0 saturated heterocycles. The molecule has 0 unspecified atom stereocenters. The molecule has 2 aromatic carbocycles. The van der Waals surface area contributed by atoms with E-state index in [1.807, 2.05) is 0 Å². The highest BCUT2D eigenvalue weighted by Gasteiger charge is 2.06. The van der Waals surface area contributed by atoms with Gasteiger partial charge in [0.05, 0.1) is 11.0 Å². The highest BCUT2D eigenvalue weighted by molar-refractivity contribution is 5.55. The minimum absolute atomic E-state index is 0.0184. The third-order valence-electron chi connectivity index (χ3n) is 2.51. The fourth-order valence-corrected chi connectivity index (χ4v) is 1.59. The van der Waals surface area contributed by atoms with E-state index < -0.39 is 4.92 Å². The van der Waals surface area contributed by atoms with E-state index in [2.05, 4.69) is 0 Å². The molecular formula is C14H11NO4. The smallest absolute Gasteiger partial charge is 0.273 e. The van der Waals surface area contributed by atoms with Crippen LogP contribution in [-0.2, 0) is 11.2 Å². The zero-order valence-corrected chi connectivity index (χ0v) is 9.98. The van der Waals surface area contributed by atoms with Crippen molar-refractivity contribution in [2.24, 2.45) is 0 Å². The van der Waals surface area contributed by atoms with Crippen LogP contribution in [0, 0.1) is 10.1 Å². The van der Waals surface area contributed by atoms with Gasteiger partial charge in [-0.3, -0.25) is 10.1 Å². The molecule has 2 rings (SSSR count). The summed E-state index contributed by atoms with van der Waals surface area (Å²) in [5.41, 5.74) is 0.872. The average Bonchev–Trinajstić information content (AvgIpc) is 2.42. The van der Waals surface area contributed by atoms with E-state index in [1.54, 1.807) is 36.4 Å². The number of hydrogen-bond donors (Lipinski definition) is 0. The van der Waals surface area contributed by atoms with E-state index in [9.17, 15) is 14.9 Å². The van der Waals surface area contributed by atoms with Crippen LogP contribution in [0.5, 0.6) is 11.5 Å². The lowest BCUT2D eigenvalue weighted by Gasteiger charge is -2.05. The molecule has 0 amide bonds. The molecule has 2 aromatic rings. The third kappa shape index (κ3) is 3.38. The number of carbonyl (C=O) groups excluding carboxylic acids is 1. The monoisotopic (exact) mass is 257 g/mol. The maximum absolute atomic E-state index is 10.6. The molecule has 0 fully saturated rings. The Balaban J connectivity index is 2.14. The van der Waals surface area contributed by atoms with Gasteiger partial charge in [0.2, 0.25) is 0 Å². The molecular weight excluding hydrogens is 246 g/mol. The number of aldehydes is 1. The number of rotatable bonds is 5. The second-order valence-corrected chi connectivity index (χ2v) is 3.87. The minimum Gasteiger partial charge on any atom is -0.457 e. The van der Waals surface area contributed by atoms with Crippen molar-refractivity contribution in [2.45, 2.75) is 6.42 Å². The fourth-order valence-electron chi connectivity index (χ4n) is 1.59. The molecule has 5 heteroatoms. The Bertz CT molecular complexity index is 593. The molecule has 0 bridgehead atoms. The number of ether oxygens (including phenoxy) is 1. The van der Waals surface area contributed by atoms with Gasteiger partial charge >= 0.3 is 0 Å². The van der Waals surface area contributed by atoms with Crippen molar-refractivity contribution in [1.82, 2.24) is 0 Å². The molecule has 5 nitrogen and oxygen atoms in total. The predicted molar refractivity (Wildman–Crippen MR) is 69.4 cm³/mol. The van der Waals surface area contributed by atoms with Crippen LogP contribution in [0.25, 0.3) is 0 Å². The summed E-state index contributed by atoms with van der Waals surface area (Å²) < 4.78 is 5.51. The number of nitro groups is 1. The Hall–Kier alpha value is -2.69. The first-order valence-electron chi connectivity index (χ1n) is 5.64. The van der Waals surface area contributed by atoms with Gasteiger partial charge in [0.1, 0.15) is 17.8 Å². The second-order valence-electron chi connectivity index (χ2n) is 3.87. The molecule has 19 heavy (non-hydrogen) atoms. The molecule has 0 aliphatic carbocycles. The highest BCUT2D eigenvalue weighted by atomic mass is 16.6. The fraction of sp³-hybridized carbons (Fsp3) is 0.0714. The maximum atomic E-state index is 10.6. The number of benzene rings is 2. The number of carbonyl (C=O) groups is 1. The van der Waals surface area contributed by atoms with Crippen molar-refractivity contribution >= 4 is 12.0 Å². The van der Waals surface area contributed by atoms with Crippen LogP contribution in [0.15, 0.2) is 48.5 Å². The minimum atomic E-state index is -0.472. The summed E-state index contributed by atoms with van der Waals surface area (Å²) in [6.45, 7) is 0. The normalized spacial score (nSPS) is 9.89. The highest BCUT2D eigenvalue weighted by Crippen LogP contribution is 2.25. The molecule has 0 saturated carbocycles. The Morgan fingerprint density at radius 3 is 2.47 bits per heavy atom. The van der Waals surface area contributed by atoms with E-state index >= 15 is 0 Å². The van der Waals surface area contributed by atoms with Gasteiger partial charge in [-0.25, -0.2) is 0 Å². The van der Waals surface area contributed by atoms with E-state index in [0.29, 0.717) is 17.9 Å². The maximum Gasteiger partial charge on any atom is 0.273 e. The summed E-state index contributed by atoms with van der Waals surface area (Å²) >= 11 is 0. The molecule has 0 aromatic heterocycles. The largest absolute Gasteiger partial charge is 0.457 e. The molecule has 0 radical (unpaired) electrons. The van der Waals surface area contributed by atoms with Crippen molar-refractivity contribution in [3.8, 4) is 11.5 Å². The Labute approximate surface area is 109 Å². The third-order valence-corrected chi connectivity index (χ3v) is 2.51. The van der Waals surface area contributed by atoms with Gasteiger partial charge in [-0.1, -0.05) is 18.2 Å². The van der Waals surface area contributed by atoms with Gasteiger partial charge in [-0.05, 0) is 23.8 Å². The molecule has 0 atom stereocenters. The van der Waals surface area contributed by atoms with Crippen molar-refractivity contribution < 1.29 is 14.5 Å². The standard InChI is InChI=1S/C14H11NO4/c16-9-8-11-4-6-13(7-5-11)19-14-3-1-2-12(10-14)15(17)18/h1-7,9-10H,8H2. The van der Waals surface area contributed by atoms with Gasteiger partial charge in [0.15, 0.2) is 0 Å². The number of nitro benzene ring substituents is 1. The lowest BCUT2D eigenvalue weighted by atomic mass is 10.2. The Kier molecular flexibility index (Phi) is 3.87. The molecule has 0 aliphatic heterocycles. The second kappa shape index (κ2) is 5.77. The number of hydrogen-bond acceptors (Lipinski definition) is 4. The predicted octanol–water partition coefficient (Wildman–Crippen LogP) is 3.13. The molecule has 0 N–H and O–H groups in total. The average molecular weight is 257 g/mol. The summed E-state index contributed by atoms with van der Waals surface area (Å²) in [7, 11) is 0. The SMILES string of the molecule is O=CCc1ccc(Oc2cccc([N+](=O)[O-])c2)cc1. The first kappa shape index (κ1) is 12.8. The van der Waals surface area contributed by atoms with Crippen LogP contribution in [-0.4, -0.2) is 11.2 Å². The lowest BCUT2D eigenvalue weighted by molar-refractivity contribution is -0.384. The van der Waals surface area contributed by atoms with Gasteiger partial charge in [-0.2, -0.15) is 0 Å². The molecule has 0 spiro atoms. The zero-order chi connectivity index (χ0) is 13.7. The van der Waals surface area contributed by atoms with E-state index in [1.165, 1.54) is 12.1 Å². The lowest BCUT2D eigenvalue weighted by Crippen LogP contribution is -1.90. The van der Waals surface area contributed by atoms with Crippen molar-refractivity contribution in [3.05, 3.63) is 64.2 Å². The molecule has 0 heterocycles. The van der Waals surface area contributed by atoms with Crippen LogP contribution < -0.4 is 4.74 Å². The summed E-state index contributed by atoms with van der Waals surface area (Å²) in [4.78, 5) is 20.5. The van der Waals surface area contributed by atoms with Crippen LogP contribution in [0.3, 0.4) is 0 Å². The van der Waals surface area contributed by atoms with Crippen LogP contribution in [0.4, 0.5) is 5.69 Å². The molecule has 0 aliphatic rings. The first-order valence-corrected chi connectivity index (χ1v) is 5.64. The quantitative estimate of drug-likeness (QED) is 0.468. The molecule has 96 valence electrons. The zero-order valence-electron chi connectivity index (χ0n) is 9.98.